The van der Waals surface area contributed by atoms with Gasteiger partial charge in [0.15, 0.2) is 0 Å². The van der Waals surface area contributed by atoms with Crippen LogP contribution in [0, 0.1) is 6.92 Å². The van der Waals surface area contributed by atoms with E-state index in [4.69, 9.17) is 9.68 Å². The molecular formula is C21H23N3O3. The molecule has 1 spiro atoms. The summed E-state index contributed by atoms with van der Waals surface area (Å²) >= 11 is 0. The van der Waals surface area contributed by atoms with E-state index in [1.54, 1.807) is 5.06 Å². The lowest BCUT2D eigenvalue weighted by atomic mass is 9.91. The predicted molar refractivity (Wildman–Crippen MR) is 103 cm³/mol. The minimum Gasteiger partial charge on any atom is -0.362 e. The summed E-state index contributed by atoms with van der Waals surface area (Å²) < 4.78 is 0. The molecule has 140 valence electrons. The smallest absolute Gasteiger partial charge is 0.362 e. The van der Waals surface area contributed by atoms with Crippen LogP contribution in [0.15, 0.2) is 59.8 Å². The SMILES string of the molecule is Cc1ccc(NC(=O)ON2C(c3ccccc3)=NOC23CCCCC3)cc1. The second-order valence-electron chi connectivity index (χ2n) is 7.04. The number of hydrogen-bond acceptors (Lipinski definition) is 5. The third-order valence-electron chi connectivity index (χ3n) is 5.00. The highest BCUT2D eigenvalue weighted by molar-refractivity contribution is 5.99. The van der Waals surface area contributed by atoms with Gasteiger partial charge in [-0.2, -0.15) is 0 Å². The lowest BCUT2D eigenvalue weighted by molar-refractivity contribution is -0.224. The van der Waals surface area contributed by atoms with E-state index in [-0.39, 0.29) is 0 Å². The highest BCUT2D eigenvalue weighted by Crippen LogP contribution is 2.40. The average Bonchev–Trinajstić information content (AvgIpc) is 3.02. The summed E-state index contributed by atoms with van der Waals surface area (Å²) in [6.07, 6.45) is 4.15. The Bertz CT molecular complexity index is 828. The van der Waals surface area contributed by atoms with Crippen molar-refractivity contribution in [3.63, 3.8) is 0 Å². The summed E-state index contributed by atoms with van der Waals surface area (Å²) in [5.41, 5.74) is 1.94. The maximum atomic E-state index is 12.6. The number of nitrogens with zero attached hydrogens (tertiary/aromatic N) is 2. The molecule has 6 nitrogen and oxygen atoms in total. The number of nitrogens with one attached hydrogen (secondary N) is 1. The summed E-state index contributed by atoms with van der Waals surface area (Å²) in [7, 11) is 0. The van der Waals surface area contributed by atoms with E-state index < -0.39 is 11.8 Å². The largest absolute Gasteiger partial charge is 0.436 e. The van der Waals surface area contributed by atoms with Crippen LogP contribution >= 0.6 is 0 Å². The van der Waals surface area contributed by atoms with Gasteiger partial charge in [0.2, 0.25) is 11.6 Å². The molecule has 0 bridgehead atoms. The highest BCUT2D eigenvalue weighted by atomic mass is 16.8. The first kappa shape index (κ1) is 17.4. The van der Waals surface area contributed by atoms with Gasteiger partial charge in [-0.15, -0.1) is 5.06 Å². The summed E-state index contributed by atoms with van der Waals surface area (Å²) in [6, 6.07) is 17.2. The Morgan fingerprint density at radius 3 is 2.48 bits per heavy atom. The molecule has 0 aromatic heterocycles. The van der Waals surface area contributed by atoms with Crippen LogP contribution in [-0.4, -0.2) is 22.7 Å². The van der Waals surface area contributed by atoms with Gasteiger partial charge >= 0.3 is 6.09 Å². The number of rotatable bonds is 3. The van der Waals surface area contributed by atoms with Crippen molar-refractivity contribution in [3.8, 4) is 0 Å². The van der Waals surface area contributed by atoms with Crippen molar-refractivity contribution in [1.82, 2.24) is 5.06 Å². The van der Waals surface area contributed by atoms with Crippen molar-refractivity contribution >= 4 is 17.6 Å². The summed E-state index contributed by atoms with van der Waals surface area (Å²) in [5.74, 6) is 0.525. The number of benzene rings is 2. The zero-order valence-corrected chi connectivity index (χ0v) is 15.4. The molecule has 4 rings (SSSR count). The van der Waals surface area contributed by atoms with Gasteiger partial charge in [0.25, 0.3) is 0 Å². The fourth-order valence-corrected chi connectivity index (χ4v) is 3.54. The van der Waals surface area contributed by atoms with Crippen molar-refractivity contribution in [2.24, 2.45) is 5.16 Å². The second-order valence-corrected chi connectivity index (χ2v) is 7.04. The first-order chi connectivity index (χ1) is 13.2. The number of carbonyl (C=O) groups excluding carboxylic acids is 1. The van der Waals surface area contributed by atoms with Crippen molar-refractivity contribution in [3.05, 3.63) is 65.7 Å². The number of hydrogen-bond donors (Lipinski definition) is 1. The molecule has 1 aliphatic heterocycles. The van der Waals surface area contributed by atoms with Gasteiger partial charge in [-0.1, -0.05) is 59.6 Å². The van der Waals surface area contributed by atoms with Crippen molar-refractivity contribution in [2.75, 3.05) is 5.32 Å². The number of aryl methyl sites for hydroxylation is 1. The Balaban J connectivity index is 1.55. The predicted octanol–water partition coefficient (Wildman–Crippen LogP) is 4.81. The zero-order valence-electron chi connectivity index (χ0n) is 15.4. The maximum Gasteiger partial charge on any atom is 0.436 e. The number of amides is 1. The number of amidine groups is 1. The summed E-state index contributed by atoms with van der Waals surface area (Å²) in [6.45, 7) is 2.00. The van der Waals surface area contributed by atoms with Crippen LogP contribution in [0.4, 0.5) is 10.5 Å². The minimum absolute atomic E-state index is 0.525. The molecule has 6 heteroatoms. The molecular weight excluding hydrogens is 342 g/mol. The van der Waals surface area contributed by atoms with Gasteiger partial charge in [-0.3, -0.25) is 5.32 Å². The van der Waals surface area contributed by atoms with Gasteiger partial charge in [-0.05, 0) is 31.9 Å². The highest BCUT2D eigenvalue weighted by Gasteiger charge is 2.50. The molecule has 0 radical (unpaired) electrons. The lowest BCUT2D eigenvalue weighted by Crippen LogP contribution is -2.51. The van der Waals surface area contributed by atoms with Gasteiger partial charge in [0, 0.05) is 24.1 Å². The molecule has 2 aromatic rings. The van der Waals surface area contributed by atoms with Crippen molar-refractivity contribution in [1.29, 1.82) is 0 Å². The molecule has 0 unspecified atom stereocenters. The van der Waals surface area contributed by atoms with Crippen LogP contribution in [0.25, 0.3) is 0 Å². The van der Waals surface area contributed by atoms with E-state index in [2.05, 4.69) is 10.5 Å². The van der Waals surface area contributed by atoms with Gasteiger partial charge in [0.1, 0.15) is 0 Å². The van der Waals surface area contributed by atoms with E-state index in [1.807, 2.05) is 61.5 Å². The van der Waals surface area contributed by atoms with E-state index in [0.717, 1.165) is 43.2 Å². The third-order valence-corrected chi connectivity index (χ3v) is 5.00. The first-order valence-electron chi connectivity index (χ1n) is 9.34. The summed E-state index contributed by atoms with van der Waals surface area (Å²) in [4.78, 5) is 24.1. The molecule has 2 aliphatic rings. The monoisotopic (exact) mass is 365 g/mol. The molecule has 1 aliphatic carbocycles. The lowest BCUT2D eigenvalue weighted by Gasteiger charge is -2.37. The van der Waals surface area contributed by atoms with E-state index in [1.165, 1.54) is 0 Å². The van der Waals surface area contributed by atoms with Crippen LogP contribution in [0.3, 0.4) is 0 Å². The Kier molecular flexibility index (Phi) is 4.71. The Morgan fingerprint density at radius 1 is 1.07 bits per heavy atom. The molecule has 1 amide bonds. The normalized spacial score (nSPS) is 18.0. The maximum absolute atomic E-state index is 12.6. The average molecular weight is 365 g/mol. The third kappa shape index (κ3) is 3.60. The van der Waals surface area contributed by atoms with Gasteiger partial charge in [-0.25, -0.2) is 4.79 Å². The molecule has 1 fully saturated rings. The number of oxime groups is 1. The number of hydroxylamine groups is 2. The topological polar surface area (TPSA) is 63.2 Å². The van der Waals surface area contributed by atoms with Crippen LogP contribution in [-0.2, 0) is 9.68 Å². The van der Waals surface area contributed by atoms with Gasteiger partial charge < -0.3 is 9.68 Å². The van der Waals surface area contributed by atoms with E-state index >= 15 is 0 Å². The molecule has 0 saturated heterocycles. The van der Waals surface area contributed by atoms with Crippen molar-refractivity contribution in [2.45, 2.75) is 44.8 Å². The Hall–Kier alpha value is -3.02. The Morgan fingerprint density at radius 2 is 1.78 bits per heavy atom. The number of carbonyl (C=O) groups is 1. The van der Waals surface area contributed by atoms with Crippen molar-refractivity contribution < 1.29 is 14.5 Å². The zero-order chi connectivity index (χ0) is 18.7. The first-order valence-corrected chi connectivity index (χ1v) is 9.34. The molecule has 1 heterocycles. The molecule has 0 atom stereocenters. The van der Waals surface area contributed by atoms with Crippen LogP contribution in [0.2, 0.25) is 0 Å². The summed E-state index contributed by atoms with van der Waals surface area (Å²) in [5, 5.41) is 8.61. The fraction of sp³-hybridized carbons (Fsp3) is 0.333. The molecule has 1 saturated carbocycles. The van der Waals surface area contributed by atoms with Crippen LogP contribution < -0.4 is 5.32 Å². The molecule has 27 heavy (non-hydrogen) atoms. The van der Waals surface area contributed by atoms with E-state index in [0.29, 0.717) is 11.5 Å². The molecule has 2 aromatic carbocycles. The molecule has 1 N–H and O–H groups in total. The van der Waals surface area contributed by atoms with Gasteiger partial charge in [0.05, 0.1) is 0 Å². The Labute approximate surface area is 158 Å². The second kappa shape index (κ2) is 7.31. The fourth-order valence-electron chi connectivity index (χ4n) is 3.54. The quantitative estimate of drug-likeness (QED) is 0.847. The standard InChI is InChI=1S/C21H23N3O3/c1-16-10-12-18(13-11-16)22-20(25)26-24-19(17-8-4-2-5-9-17)23-27-21(24)14-6-3-7-15-21/h2,4-5,8-13H,3,6-7,14-15H2,1H3,(H,22,25). The van der Waals surface area contributed by atoms with E-state index in [9.17, 15) is 4.79 Å². The van der Waals surface area contributed by atoms with Crippen LogP contribution in [0.5, 0.6) is 0 Å². The minimum atomic E-state index is -0.714. The van der Waals surface area contributed by atoms with Crippen LogP contribution in [0.1, 0.15) is 43.2 Å². The number of anilines is 1.